The molecule has 39 heavy (non-hydrogen) atoms. The molecule has 1 aliphatic carbocycles. The van der Waals surface area contributed by atoms with Crippen LogP contribution in [-0.2, 0) is 4.79 Å². The Morgan fingerprint density at radius 3 is 2.41 bits per heavy atom. The first-order valence-electron chi connectivity index (χ1n) is 12.1. The van der Waals surface area contributed by atoms with E-state index >= 15 is 0 Å². The van der Waals surface area contributed by atoms with Gasteiger partial charge in [-0.2, -0.15) is 0 Å². The van der Waals surface area contributed by atoms with E-state index in [-0.39, 0.29) is 54.8 Å². The lowest BCUT2D eigenvalue weighted by molar-refractivity contribution is -0.121. The van der Waals surface area contributed by atoms with Crippen molar-refractivity contribution in [3.63, 3.8) is 0 Å². The summed E-state index contributed by atoms with van der Waals surface area (Å²) in [5.74, 6) is 0.173. The smallest absolute Gasteiger partial charge is 0.294 e. The predicted octanol–water partition coefficient (Wildman–Crippen LogP) is 5.66. The summed E-state index contributed by atoms with van der Waals surface area (Å²) < 4.78 is 11.7. The topological polar surface area (TPSA) is 109 Å². The molecule has 0 radical (unpaired) electrons. The van der Waals surface area contributed by atoms with E-state index in [1.54, 1.807) is 30.3 Å². The number of furan rings is 1. The third-order valence-corrected chi connectivity index (χ3v) is 6.73. The van der Waals surface area contributed by atoms with E-state index in [1.165, 1.54) is 6.20 Å². The van der Waals surface area contributed by atoms with Crippen LogP contribution in [0.1, 0.15) is 36.2 Å². The van der Waals surface area contributed by atoms with Gasteiger partial charge in [0.05, 0.1) is 5.02 Å². The van der Waals surface area contributed by atoms with Gasteiger partial charge in [-0.05, 0) is 77.2 Å². The van der Waals surface area contributed by atoms with E-state index in [4.69, 9.17) is 20.8 Å². The number of hydrogen-bond donors (Lipinski definition) is 3. The fraction of sp³-hybridized carbons (Fsp3) is 0.423. The zero-order valence-corrected chi connectivity index (χ0v) is 25.2. The number of aromatic nitrogens is 1. The Bertz CT molecular complexity index is 1220. The van der Waals surface area contributed by atoms with Crippen molar-refractivity contribution in [1.82, 2.24) is 15.2 Å². The fourth-order valence-corrected chi connectivity index (χ4v) is 4.54. The third-order valence-electron chi connectivity index (χ3n) is 6.50. The first-order chi connectivity index (χ1) is 17.4. The largest absolute Gasteiger partial charge is 0.492 e. The molecule has 1 saturated carbocycles. The molecule has 3 N–H and O–H groups in total. The first-order valence-corrected chi connectivity index (χ1v) is 12.5. The van der Waals surface area contributed by atoms with Crippen LogP contribution < -0.4 is 20.7 Å². The summed E-state index contributed by atoms with van der Waals surface area (Å²) in [6.45, 7) is 1.16. The summed E-state index contributed by atoms with van der Waals surface area (Å²) in [6.07, 6.45) is 4.93. The molecular formula is C26H35Cl4N5O4. The molecule has 9 nitrogen and oxygen atoms in total. The number of carbonyl (C=O) groups is 2. The van der Waals surface area contributed by atoms with Crippen molar-refractivity contribution in [1.29, 1.82) is 0 Å². The minimum Gasteiger partial charge on any atom is -0.492 e. The zero-order valence-electron chi connectivity index (χ0n) is 22.0. The van der Waals surface area contributed by atoms with Crippen LogP contribution in [0.15, 0.2) is 40.9 Å². The minimum absolute atomic E-state index is 0. The SMILES string of the molecule is CNCCOc1ccc2oc(C(=O)Nc3ccc(Cl)cn3)c(NC(=O)[C@H]3CC[C@H](N(C)C)CC3)c2c1.Cl.Cl.Cl. The first kappa shape index (κ1) is 34.8. The number of pyridine rings is 1. The van der Waals surface area contributed by atoms with Gasteiger partial charge in [-0.3, -0.25) is 9.59 Å². The van der Waals surface area contributed by atoms with Gasteiger partial charge in [0.15, 0.2) is 0 Å². The molecule has 2 aromatic heterocycles. The molecule has 1 fully saturated rings. The van der Waals surface area contributed by atoms with E-state index in [0.29, 0.717) is 52.4 Å². The number of ether oxygens (including phenoxy) is 1. The van der Waals surface area contributed by atoms with Crippen LogP contribution in [-0.4, -0.2) is 62.0 Å². The highest BCUT2D eigenvalue weighted by molar-refractivity contribution is 6.30. The van der Waals surface area contributed by atoms with Crippen LogP contribution in [0, 0.1) is 5.92 Å². The Hall–Kier alpha value is -2.27. The molecule has 0 unspecified atom stereocenters. The summed E-state index contributed by atoms with van der Waals surface area (Å²) in [4.78, 5) is 32.8. The van der Waals surface area contributed by atoms with E-state index in [1.807, 2.05) is 7.05 Å². The molecule has 0 bridgehead atoms. The number of nitrogens with zero attached hydrogens (tertiary/aromatic N) is 2. The van der Waals surface area contributed by atoms with Crippen LogP contribution in [0.2, 0.25) is 5.02 Å². The molecule has 0 spiro atoms. The predicted molar refractivity (Wildman–Crippen MR) is 163 cm³/mol. The Kier molecular flexibility index (Phi) is 14.4. The molecule has 0 saturated heterocycles. The summed E-state index contributed by atoms with van der Waals surface area (Å²) in [5, 5.41) is 9.81. The normalized spacial score (nSPS) is 16.4. The second-order valence-corrected chi connectivity index (χ2v) is 9.63. The Morgan fingerprint density at radius 2 is 1.79 bits per heavy atom. The van der Waals surface area contributed by atoms with E-state index in [2.05, 4.69) is 39.9 Å². The standard InChI is InChI=1S/C26H32ClN5O4.3ClH/c1-28-12-13-35-19-9-10-21-20(14-19)23(31-25(33)16-4-7-18(8-5-16)32(2)3)24(36-21)26(34)30-22-11-6-17(27)15-29-22;;;/h6,9-11,14-16,18,28H,4-5,7-8,12-13H2,1-3H3,(H,31,33)(H,29,30,34);3*1H/t16-,18-;;;. The average Bonchev–Trinajstić information content (AvgIpc) is 3.23. The molecule has 0 aliphatic heterocycles. The summed E-state index contributed by atoms with van der Waals surface area (Å²) in [7, 11) is 5.99. The second-order valence-electron chi connectivity index (χ2n) is 9.19. The molecular weight excluding hydrogens is 588 g/mol. The Labute approximate surface area is 252 Å². The van der Waals surface area contributed by atoms with Gasteiger partial charge in [-0.1, -0.05) is 11.6 Å². The van der Waals surface area contributed by atoms with Crippen LogP contribution in [0.4, 0.5) is 11.5 Å². The monoisotopic (exact) mass is 621 g/mol. The van der Waals surface area contributed by atoms with Crippen molar-refractivity contribution in [2.75, 3.05) is 44.9 Å². The van der Waals surface area contributed by atoms with Crippen LogP contribution in [0.5, 0.6) is 5.75 Å². The summed E-state index contributed by atoms with van der Waals surface area (Å²) in [6, 6.07) is 9.00. The maximum Gasteiger partial charge on any atom is 0.294 e. The van der Waals surface area contributed by atoms with Crippen molar-refractivity contribution in [2.24, 2.45) is 5.92 Å². The third kappa shape index (κ3) is 8.86. The highest BCUT2D eigenvalue weighted by atomic mass is 35.5. The van der Waals surface area contributed by atoms with Gasteiger partial charge in [0.25, 0.3) is 5.91 Å². The lowest BCUT2D eigenvalue weighted by Gasteiger charge is -2.31. The van der Waals surface area contributed by atoms with Crippen molar-refractivity contribution in [3.05, 3.63) is 47.3 Å². The molecule has 216 valence electrons. The molecule has 3 aromatic rings. The molecule has 2 heterocycles. The number of benzene rings is 1. The number of rotatable bonds is 9. The maximum absolute atomic E-state index is 13.3. The van der Waals surface area contributed by atoms with Gasteiger partial charge < -0.3 is 30.0 Å². The number of anilines is 2. The minimum atomic E-state index is -0.523. The van der Waals surface area contributed by atoms with Crippen molar-refractivity contribution in [2.45, 2.75) is 31.7 Å². The number of hydrogen-bond acceptors (Lipinski definition) is 7. The number of amides is 2. The molecule has 1 aliphatic rings. The molecule has 1 aromatic carbocycles. The number of halogens is 4. The van der Waals surface area contributed by atoms with Crippen LogP contribution >= 0.6 is 48.8 Å². The van der Waals surface area contributed by atoms with E-state index < -0.39 is 5.91 Å². The number of nitrogens with one attached hydrogen (secondary N) is 3. The lowest BCUT2D eigenvalue weighted by Crippen LogP contribution is -2.35. The van der Waals surface area contributed by atoms with Gasteiger partial charge in [0.1, 0.15) is 29.4 Å². The van der Waals surface area contributed by atoms with E-state index in [0.717, 1.165) is 25.7 Å². The zero-order chi connectivity index (χ0) is 25.7. The van der Waals surface area contributed by atoms with Gasteiger partial charge in [-0.15, -0.1) is 37.2 Å². The van der Waals surface area contributed by atoms with Crippen LogP contribution in [0.3, 0.4) is 0 Å². The second kappa shape index (κ2) is 16.1. The molecule has 13 heteroatoms. The Balaban J connectivity index is 0.00000253. The number of likely N-dealkylation sites (N-methyl/N-ethyl adjacent to an activating group) is 1. The molecule has 0 atom stereocenters. The van der Waals surface area contributed by atoms with Gasteiger partial charge in [0.2, 0.25) is 11.7 Å². The maximum atomic E-state index is 13.3. The lowest BCUT2D eigenvalue weighted by atomic mass is 9.85. The van der Waals surface area contributed by atoms with Gasteiger partial charge in [-0.25, -0.2) is 4.98 Å². The molecule has 4 rings (SSSR count). The highest BCUT2D eigenvalue weighted by Crippen LogP contribution is 2.36. The van der Waals surface area contributed by atoms with Crippen molar-refractivity contribution >= 4 is 83.1 Å². The van der Waals surface area contributed by atoms with E-state index in [9.17, 15) is 9.59 Å². The number of fused-ring (bicyclic) bond motifs is 1. The van der Waals surface area contributed by atoms with Crippen molar-refractivity contribution in [3.8, 4) is 5.75 Å². The fourth-order valence-electron chi connectivity index (χ4n) is 4.42. The molecule has 2 amide bonds. The van der Waals surface area contributed by atoms with Crippen molar-refractivity contribution < 1.29 is 18.7 Å². The number of carbonyl (C=O) groups excluding carboxylic acids is 2. The summed E-state index contributed by atoms with van der Waals surface area (Å²) >= 11 is 5.90. The van der Waals surface area contributed by atoms with Gasteiger partial charge >= 0.3 is 0 Å². The quantitative estimate of drug-likeness (QED) is 0.264. The Morgan fingerprint density at radius 1 is 1.08 bits per heavy atom. The highest BCUT2D eigenvalue weighted by Gasteiger charge is 2.30. The summed E-state index contributed by atoms with van der Waals surface area (Å²) in [5.41, 5.74) is 0.798. The van der Waals surface area contributed by atoms with Gasteiger partial charge in [0, 0.05) is 30.1 Å². The van der Waals surface area contributed by atoms with Crippen LogP contribution in [0.25, 0.3) is 11.0 Å². The average molecular weight is 623 g/mol.